The SMILES string of the molecule is O=C(c1ccccn1)c1cc2ccc(C(F)(F)F)cc2c2ccccc12. The number of hydrogen-bond donors (Lipinski definition) is 0. The predicted molar refractivity (Wildman–Crippen MR) is 94.1 cm³/mol. The van der Waals surface area contributed by atoms with Crippen molar-refractivity contribution in [1.29, 1.82) is 0 Å². The minimum Gasteiger partial charge on any atom is -0.287 e. The van der Waals surface area contributed by atoms with Crippen molar-refractivity contribution in [2.75, 3.05) is 0 Å². The molecule has 0 spiro atoms. The molecule has 1 aromatic heterocycles. The standard InChI is InChI=1S/C21H12F3NO/c22-21(23,24)14-9-8-13-11-18(20(26)19-7-3-4-10-25-19)16-6-2-1-5-15(16)17(13)12-14/h1-12H. The molecule has 0 bridgehead atoms. The summed E-state index contributed by atoms with van der Waals surface area (Å²) in [6.45, 7) is 0. The second-order valence-electron chi connectivity index (χ2n) is 5.95. The summed E-state index contributed by atoms with van der Waals surface area (Å²) in [5.74, 6) is -0.261. The third-order valence-electron chi connectivity index (χ3n) is 4.33. The second-order valence-corrected chi connectivity index (χ2v) is 5.95. The van der Waals surface area contributed by atoms with E-state index in [2.05, 4.69) is 4.98 Å². The Morgan fingerprint density at radius 2 is 1.54 bits per heavy atom. The normalized spacial score (nSPS) is 11.8. The number of pyridine rings is 1. The Kier molecular flexibility index (Phi) is 3.72. The molecule has 0 aliphatic heterocycles. The quantitative estimate of drug-likeness (QED) is 0.346. The van der Waals surface area contributed by atoms with Gasteiger partial charge in [0.15, 0.2) is 0 Å². The van der Waals surface area contributed by atoms with Gasteiger partial charge in [0.05, 0.1) is 5.56 Å². The number of carbonyl (C=O) groups excluding carboxylic acids is 1. The number of benzene rings is 3. The number of fused-ring (bicyclic) bond motifs is 3. The van der Waals surface area contributed by atoms with Gasteiger partial charge in [0, 0.05) is 11.8 Å². The zero-order valence-electron chi connectivity index (χ0n) is 13.4. The molecule has 2 nitrogen and oxygen atoms in total. The van der Waals surface area contributed by atoms with Crippen LogP contribution in [0.1, 0.15) is 21.6 Å². The number of ketones is 1. The number of hydrogen-bond acceptors (Lipinski definition) is 2. The Bertz CT molecular complexity index is 1130. The smallest absolute Gasteiger partial charge is 0.287 e. The maximum absolute atomic E-state index is 13.1. The Morgan fingerprint density at radius 1 is 0.808 bits per heavy atom. The van der Waals surface area contributed by atoms with Gasteiger partial charge in [-0.15, -0.1) is 0 Å². The summed E-state index contributed by atoms with van der Waals surface area (Å²) in [5.41, 5.74) is 0.00873. The zero-order valence-corrected chi connectivity index (χ0v) is 13.4. The molecule has 4 rings (SSSR count). The van der Waals surface area contributed by atoms with E-state index in [9.17, 15) is 18.0 Å². The van der Waals surface area contributed by atoms with Gasteiger partial charge in [0.2, 0.25) is 5.78 Å². The Morgan fingerprint density at radius 3 is 2.23 bits per heavy atom. The van der Waals surface area contributed by atoms with Crippen molar-refractivity contribution >= 4 is 27.3 Å². The average molecular weight is 351 g/mol. The number of alkyl halides is 3. The molecule has 0 N–H and O–H groups in total. The molecule has 0 saturated heterocycles. The molecule has 4 aromatic rings. The Balaban J connectivity index is 2.02. The van der Waals surface area contributed by atoms with Crippen LogP contribution in [0.2, 0.25) is 0 Å². The molecule has 0 radical (unpaired) electrons. The first-order valence-electron chi connectivity index (χ1n) is 7.93. The van der Waals surface area contributed by atoms with Gasteiger partial charge >= 0.3 is 6.18 Å². The van der Waals surface area contributed by atoms with Gasteiger partial charge in [-0.3, -0.25) is 9.78 Å². The highest BCUT2D eigenvalue weighted by molar-refractivity contribution is 6.21. The fourth-order valence-corrected chi connectivity index (χ4v) is 3.10. The lowest BCUT2D eigenvalue weighted by atomic mass is 9.93. The Labute approximate surface area is 146 Å². The van der Waals surface area contributed by atoms with E-state index in [-0.39, 0.29) is 5.78 Å². The predicted octanol–water partition coefficient (Wildman–Crippen LogP) is 5.64. The first kappa shape index (κ1) is 16.3. The van der Waals surface area contributed by atoms with E-state index in [0.717, 1.165) is 12.1 Å². The van der Waals surface area contributed by atoms with Crippen molar-refractivity contribution in [3.63, 3.8) is 0 Å². The van der Waals surface area contributed by atoms with Crippen molar-refractivity contribution in [1.82, 2.24) is 4.98 Å². The minimum absolute atomic E-state index is 0.261. The lowest BCUT2D eigenvalue weighted by molar-refractivity contribution is -0.137. The number of rotatable bonds is 2. The summed E-state index contributed by atoms with van der Waals surface area (Å²) < 4.78 is 39.2. The highest BCUT2D eigenvalue weighted by Crippen LogP contribution is 2.35. The van der Waals surface area contributed by atoms with E-state index in [1.807, 2.05) is 0 Å². The molecule has 0 aliphatic carbocycles. The van der Waals surface area contributed by atoms with E-state index < -0.39 is 11.7 Å². The fourth-order valence-electron chi connectivity index (χ4n) is 3.10. The molecular formula is C21H12F3NO. The van der Waals surface area contributed by atoms with Gasteiger partial charge in [-0.1, -0.05) is 36.4 Å². The first-order chi connectivity index (χ1) is 12.4. The van der Waals surface area contributed by atoms with E-state index in [1.165, 1.54) is 12.3 Å². The third kappa shape index (κ3) is 2.71. The van der Waals surface area contributed by atoms with Crippen LogP contribution in [0.25, 0.3) is 21.5 Å². The van der Waals surface area contributed by atoms with E-state index in [4.69, 9.17) is 0 Å². The summed E-state index contributed by atoms with van der Waals surface area (Å²) in [4.78, 5) is 17.0. The minimum atomic E-state index is -4.42. The lowest BCUT2D eigenvalue weighted by Gasteiger charge is -2.12. The molecule has 0 saturated carbocycles. The molecule has 0 fully saturated rings. The Hall–Kier alpha value is -3.21. The molecular weight excluding hydrogens is 339 g/mol. The van der Waals surface area contributed by atoms with Gasteiger partial charge in [-0.05, 0) is 51.9 Å². The van der Waals surface area contributed by atoms with E-state index in [0.29, 0.717) is 32.8 Å². The molecule has 0 aliphatic rings. The molecule has 128 valence electrons. The van der Waals surface area contributed by atoms with Gasteiger partial charge in [-0.2, -0.15) is 13.2 Å². The molecule has 0 atom stereocenters. The van der Waals surface area contributed by atoms with E-state index in [1.54, 1.807) is 48.5 Å². The van der Waals surface area contributed by atoms with Crippen LogP contribution < -0.4 is 0 Å². The summed E-state index contributed by atoms with van der Waals surface area (Å²) in [5, 5.41) is 2.26. The largest absolute Gasteiger partial charge is 0.416 e. The maximum atomic E-state index is 13.1. The van der Waals surface area contributed by atoms with Gasteiger partial charge in [0.25, 0.3) is 0 Å². The van der Waals surface area contributed by atoms with Gasteiger partial charge < -0.3 is 0 Å². The monoisotopic (exact) mass is 351 g/mol. The van der Waals surface area contributed by atoms with Crippen LogP contribution in [-0.2, 0) is 6.18 Å². The second kappa shape index (κ2) is 5.95. The van der Waals surface area contributed by atoms with Crippen LogP contribution in [0, 0.1) is 0 Å². The van der Waals surface area contributed by atoms with Crippen molar-refractivity contribution in [2.45, 2.75) is 6.18 Å². The van der Waals surface area contributed by atoms with Crippen LogP contribution in [0.15, 0.2) is 72.9 Å². The van der Waals surface area contributed by atoms with Crippen molar-refractivity contribution in [2.24, 2.45) is 0 Å². The molecule has 0 amide bonds. The van der Waals surface area contributed by atoms with Crippen molar-refractivity contribution in [3.05, 3.63) is 89.7 Å². The van der Waals surface area contributed by atoms with Crippen molar-refractivity contribution < 1.29 is 18.0 Å². The summed E-state index contributed by atoms with van der Waals surface area (Å²) in [7, 11) is 0. The molecule has 1 heterocycles. The fraction of sp³-hybridized carbons (Fsp3) is 0.0476. The van der Waals surface area contributed by atoms with Gasteiger partial charge in [0.1, 0.15) is 5.69 Å². The third-order valence-corrected chi connectivity index (χ3v) is 4.33. The van der Waals surface area contributed by atoms with Crippen LogP contribution in [0.3, 0.4) is 0 Å². The van der Waals surface area contributed by atoms with Crippen LogP contribution in [0.5, 0.6) is 0 Å². The first-order valence-corrected chi connectivity index (χ1v) is 7.93. The number of carbonyl (C=O) groups is 1. The lowest BCUT2D eigenvalue weighted by Crippen LogP contribution is -2.06. The summed E-state index contributed by atoms with van der Waals surface area (Å²) in [6.07, 6.45) is -2.89. The molecule has 26 heavy (non-hydrogen) atoms. The highest BCUT2D eigenvalue weighted by atomic mass is 19.4. The van der Waals surface area contributed by atoms with Crippen molar-refractivity contribution in [3.8, 4) is 0 Å². The number of halogens is 3. The number of nitrogens with zero attached hydrogens (tertiary/aromatic N) is 1. The highest BCUT2D eigenvalue weighted by Gasteiger charge is 2.30. The van der Waals surface area contributed by atoms with Gasteiger partial charge in [-0.25, -0.2) is 0 Å². The van der Waals surface area contributed by atoms with Crippen LogP contribution >= 0.6 is 0 Å². The topological polar surface area (TPSA) is 30.0 Å². The van der Waals surface area contributed by atoms with E-state index >= 15 is 0 Å². The maximum Gasteiger partial charge on any atom is 0.416 e. The molecule has 3 aromatic carbocycles. The molecule has 5 heteroatoms. The number of aromatic nitrogens is 1. The zero-order chi connectivity index (χ0) is 18.3. The van der Waals surface area contributed by atoms with Crippen LogP contribution in [0.4, 0.5) is 13.2 Å². The summed E-state index contributed by atoms with van der Waals surface area (Å²) >= 11 is 0. The average Bonchev–Trinajstić information content (AvgIpc) is 2.66. The molecule has 0 unspecified atom stereocenters. The van der Waals surface area contributed by atoms with Crippen LogP contribution in [-0.4, -0.2) is 10.8 Å². The summed E-state index contributed by atoms with van der Waals surface area (Å²) in [6, 6.07) is 17.2.